The van der Waals surface area contributed by atoms with Crippen molar-refractivity contribution in [1.82, 2.24) is 0 Å². The van der Waals surface area contributed by atoms with Gasteiger partial charge >= 0.3 is 11.9 Å². The predicted octanol–water partition coefficient (Wildman–Crippen LogP) is 6.03. The Morgan fingerprint density at radius 3 is 2.49 bits per heavy atom. The van der Waals surface area contributed by atoms with Crippen molar-refractivity contribution in [2.75, 3.05) is 6.61 Å². The molecule has 14 nitrogen and oxygen atoms in total. The van der Waals surface area contributed by atoms with Crippen molar-refractivity contribution in [3.05, 3.63) is 36.0 Å². The molecule has 344 valence electrons. The SMILES string of the molecule is C=C1[C@@H](O)[C@@H]2O[C@]3(CC[C@H](/C=C/[C@@H](C)[C@@H]4CC(C)=C[C@@]5(O[C@H](C[C@@](C)(O)C(=O)O)CC[C@H]5O)O4)O3)CC[C@H]2O[C@@H]1[C@H](C[C@H](C)[C@H]1O[C@]2(CC[C@H]1C)OCCC[C@H]2C)OC(C)=O. The van der Waals surface area contributed by atoms with Gasteiger partial charge in [0.15, 0.2) is 17.2 Å². The van der Waals surface area contributed by atoms with E-state index in [1.54, 1.807) is 6.08 Å². The molecule has 7 aliphatic heterocycles. The van der Waals surface area contributed by atoms with E-state index in [4.69, 9.17) is 37.9 Å². The largest absolute Gasteiger partial charge is 0.479 e. The van der Waals surface area contributed by atoms with Crippen molar-refractivity contribution in [3.63, 3.8) is 0 Å². The van der Waals surface area contributed by atoms with Crippen molar-refractivity contribution >= 4 is 11.9 Å². The minimum absolute atomic E-state index is 0.00553. The number of aliphatic hydroxyl groups is 3. The van der Waals surface area contributed by atoms with Gasteiger partial charge in [-0.3, -0.25) is 4.79 Å². The van der Waals surface area contributed by atoms with Crippen LogP contribution in [0.15, 0.2) is 36.0 Å². The maximum Gasteiger partial charge on any atom is 0.335 e. The third kappa shape index (κ3) is 9.89. The number of esters is 1. The summed E-state index contributed by atoms with van der Waals surface area (Å²) in [5.74, 6) is -4.18. The highest BCUT2D eigenvalue weighted by Crippen LogP contribution is 2.48. The van der Waals surface area contributed by atoms with Crippen LogP contribution >= 0.6 is 0 Å². The molecule has 18 atom stereocenters. The summed E-state index contributed by atoms with van der Waals surface area (Å²) in [6.07, 6.45) is 8.14. The molecule has 0 aliphatic carbocycles. The van der Waals surface area contributed by atoms with E-state index in [1.165, 1.54) is 13.8 Å². The Morgan fingerprint density at radius 1 is 1.02 bits per heavy atom. The molecule has 0 aromatic rings. The third-order valence-corrected chi connectivity index (χ3v) is 14.8. The first-order valence-corrected chi connectivity index (χ1v) is 23.0. The van der Waals surface area contributed by atoms with Gasteiger partial charge in [-0.05, 0) is 95.1 Å². The van der Waals surface area contributed by atoms with Gasteiger partial charge in [0.1, 0.15) is 30.5 Å². The fourth-order valence-corrected chi connectivity index (χ4v) is 11.2. The number of hydrogen-bond acceptors (Lipinski definition) is 13. The molecule has 0 aromatic carbocycles. The summed E-state index contributed by atoms with van der Waals surface area (Å²) in [7, 11) is 0. The Balaban J connectivity index is 0.955. The van der Waals surface area contributed by atoms with Crippen LogP contribution < -0.4 is 0 Å². The van der Waals surface area contributed by atoms with Crippen molar-refractivity contribution in [2.24, 2.45) is 23.7 Å². The van der Waals surface area contributed by atoms with Crippen molar-refractivity contribution in [2.45, 2.75) is 216 Å². The Labute approximate surface area is 361 Å². The lowest BCUT2D eigenvalue weighted by atomic mass is 9.78. The van der Waals surface area contributed by atoms with E-state index >= 15 is 0 Å². The number of fused-ring (bicyclic) bond motifs is 1. The second kappa shape index (κ2) is 18.3. The minimum atomic E-state index is -1.97. The van der Waals surface area contributed by atoms with Gasteiger partial charge in [0.2, 0.25) is 5.79 Å². The molecule has 4 N–H and O–H groups in total. The number of carbonyl (C=O) groups excluding carboxylic acids is 1. The summed E-state index contributed by atoms with van der Waals surface area (Å²) in [4.78, 5) is 24.1. The maximum atomic E-state index is 12.5. The molecular weight excluding hydrogens is 789 g/mol. The van der Waals surface area contributed by atoms with Crippen molar-refractivity contribution in [1.29, 1.82) is 0 Å². The van der Waals surface area contributed by atoms with Gasteiger partial charge in [0.25, 0.3) is 0 Å². The highest BCUT2D eigenvalue weighted by Gasteiger charge is 2.56. The van der Waals surface area contributed by atoms with Gasteiger partial charge in [0.05, 0.1) is 37.1 Å². The zero-order chi connectivity index (χ0) is 44.1. The van der Waals surface area contributed by atoms with Gasteiger partial charge in [-0.15, -0.1) is 0 Å². The highest BCUT2D eigenvalue weighted by molar-refractivity contribution is 5.76. The molecule has 7 rings (SSSR count). The lowest BCUT2D eigenvalue weighted by Crippen LogP contribution is -2.60. The summed E-state index contributed by atoms with van der Waals surface area (Å²) in [5.41, 5.74) is -0.571. The molecule has 6 fully saturated rings. The number of ether oxygens (including phenoxy) is 8. The molecule has 0 unspecified atom stereocenters. The monoisotopic (exact) mass is 860 g/mol. The molecule has 0 aromatic heterocycles. The summed E-state index contributed by atoms with van der Waals surface area (Å²) in [6, 6.07) is 0. The van der Waals surface area contributed by atoms with Gasteiger partial charge in [-0.2, -0.15) is 0 Å². The van der Waals surface area contributed by atoms with E-state index in [9.17, 15) is 30.0 Å². The van der Waals surface area contributed by atoms with Crippen LogP contribution in [0.4, 0.5) is 0 Å². The van der Waals surface area contributed by atoms with E-state index in [0.717, 1.165) is 31.3 Å². The lowest BCUT2D eigenvalue weighted by molar-refractivity contribution is -0.334. The summed E-state index contributed by atoms with van der Waals surface area (Å²) < 4.78 is 51.9. The Kier molecular flexibility index (Phi) is 14.0. The standard InChI is InChI=1S/C47H72O14/c1-26-22-36(59-47(24-26)38(49)14-13-34(58-47)25-44(8,53)43(51)52)27(2)11-12-33-16-18-45(57-33)19-17-35-42(60-45)39(50)31(6)41(56-35)37(55-32(7)48)23-29(4)40-28(3)15-20-46(61-40)30(5)10-9-21-54-46/h11-12,24,27-30,33-42,49-50,53H,6,9-10,13-23,25H2,1-5,7-8H3,(H,51,52)/b12-11+/t27-,28-,29+,30-,33+,34+,35-,36+,37+,38-,39-,40+,41+,42-,44-,45-,46+,47-/m1/s1. The Hall–Kier alpha value is -2.24. The molecule has 0 bridgehead atoms. The Bertz CT molecular complexity index is 1660. The Morgan fingerprint density at radius 2 is 1.77 bits per heavy atom. The smallest absolute Gasteiger partial charge is 0.335 e. The highest BCUT2D eigenvalue weighted by atomic mass is 16.7. The van der Waals surface area contributed by atoms with E-state index in [-0.39, 0.29) is 36.6 Å². The zero-order valence-corrected chi connectivity index (χ0v) is 37.3. The molecule has 7 aliphatic rings. The van der Waals surface area contributed by atoms with Crippen LogP contribution in [0, 0.1) is 23.7 Å². The molecule has 0 saturated carbocycles. The van der Waals surface area contributed by atoms with Crippen LogP contribution in [0.3, 0.4) is 0 Å². The number of hydrogen-bond donors (Lipinski definition) is 4. The first-order valence-electron chi connectivity index (χ1n) is 23.0. The van der Waals surface area contributed by atoms with Crippen molar-refractivity contribution < 1.29 is 67.9 Å². The van der Waals surface area contributed by atoms with E-state index in [1.807, 2.05) is 19.9 Å². The second-order valence-corrected chi connectivity index (χ2v) is 19.9. The quantitative estimate of drug-likeness (QED) is 0.139. The van der Waals surface area contributed by atoms with E-state index in [2.05, 4.69) is 33.4 Å². The topological polar surface area (TPSA) is 189 Å². The van der Waals surface area contributed by atoms with Crippen LogP contribution in [0.2, 0.25) is 0 Å². The van der Waals surface area contributed by atoms with Gasteiger partial charge in [-0.25, -0.2) is 4.79 Å². The number of carboxylic acid groups (broad SMARTS) is 1. The molecule has 3 spiro atoms. The minimum Gasteiger partial charge on any atom is -0.479 e. The number of rotatable bonds is 11. The molecule has 14 heteroatoms. The van der Waals surface area contributed by atoms with Crippen LogP contribution in [0.25, 0.3) is 0 Å². The summed E-state index contributed by atoms with van der Waals surface area (Å²) in [5, 5.41) is 42.8. The number of aliphatic hydroxyl groups excluding tert-OH is 2. The molecule has 0 radical (unpaired) electrons. The molecule has 6 saturated heterocycles. The first kappa shape index (κ1) is 46.7. The summed E-state index contributed by atoms with van der Waals surface area (Å²) in [6.45, 7) is 18.2. The second-order valence-electron chi connectivity index (χ2n) is 19.9. The van der Waals surface area contributed by atoms with Crippen LogP contribution in [0.5, 0.6) is 0 Å². The van der Waals surface area contributed by atoms with Crippen LogP contribution in [-0.4, -0.2) is 123 Å². The fraction of sp³-hybridized carbons (Fsp3) is 0.830. The van der Waals surface area contributed by atoms with E-state index < -0.39 is 77.6 Å². The zero-order valence-electron chi connectivity index (χ0n) is 37.3. The molecule has 0 amide bonds. The predicted molar refractivity (Wildman–Crippen MR) is 222 cm³/mol. The molecule has 7 heterocycles. The van der Waals surface area contributed by atoms with Crippen LogP contribution in [-0.2, 0) is 47.5 Å². The number of carbonyl (C=O) groups is 2. The van der Waals surface area contributed by atoms with Crippen LogP contribution in [0.1, 0.15) is 132 Å². The molecular formula is C47H72O14. The van der Waals surface area contributed by atoms with E-state index in [0.29, 0.717) is 75.4 Å². The number of aliphatic carboxylic acids is 1. The first-order chi connectivity index (χ1) is 28.7. The summed E-state index contributed by atoms with van der Waals surface area (Å²) >= 11 is 0. The molecule has 61 heavy (non-hydrogen) atoms. The fourth-order valence-electron chi connectivity index (χ4n) is 11.2. The number of carboxylic acids is 1. The van der Waals surface area contributed by atoms with Crippen molar-refractivity contribution in [3.8, 4) is 0 Å². The average molecular weight is 861 g/mol. The van der Waals surface area contributed by atoms with Gasteiger partial charge in [0, 0.05) is 44.4 Å². The average Bonchev–Trinajstić information content (AvgIpc) is 3.59. The maximum absolute atomic E-state index is 12.5. The van der Waals surface area contributed by atoms with Gasteiger partial charge < -0.3 is 58.3 Å². The third-order valence-electron chi connectivity index (χ3n) is 14.8. The van der Waals surface area contributed by atoms with Gasteiger partial charge in [-0.1, -0.05) is 52.0 Å². The lowest BCUT2D eigenvalue weighted by Gasteiger charge is -2.51. The normalized spacial score (nSPS) is 44.3.